The highest BCUT2D eigenvalue weighted by molar-refractivity contribution is 7.86. The van der Waals surface area contributed by atoms with Gasteiger partial charge in [-0.05, 0) is 24.5 Å². The van der Waals surface area contributed by atoms with Gasteiger partial charge in [0.1, 0.15) is 0 Å². The maximum atomic E-state index is 10.7. The molecule has 0 aliphatic rings. The highest BCUT2D eigenvalue weighted by atomic mass is 32.2. The lowest BCUT2D eigenvalue weighted by Crippen LogP contribution is -2.21. The van der Waals surface area contributed by atoms with E-state index in [4.69, 9.17) is 13.0 Å². The molecule has 6 nitrogen and oxygen atoms in total. The van der Waals surface area contributed by atoms with Gasteiger partial charge in [0, 0.05) is 12.1 Å². The number of benzene rings is 2. The fraction of sp³-hybridized carbons (Fsp3) is 0.200. The third-order valence-electron chi connectivity index (χ3n) is 2.96. The Morgan fingerprint density at radius 3 is 1.64 bits per heavy atom. The Morgan fingerprint density at radius 1 is 0.960 bits per heavy atom. The Labute approximate surface area is 141 Å². The SMILES string of the molecule is Cc1ccc(Cc2ccc([N+](=O)[O-])cc2)cc1.O=S(=O)([O-])C(F)(F)F. The van der Waals surface area contributed by atoms with E-state index in [0.717, 1.165) is 12.0 Å². The van der Waals surface area contributed by atoms with Crippen LogP contribution in [0.5, 0.6) is 0 Å². The molecule has 0 bridgehead atoms. The van der Waals surface area contributed by atoms with Crippen molar-refractivity contribution in [1.82, 2.24) is 0 Å². The lowest BCUT2D eigenvalue weighted by molar-refractivity contribution is -0.384. The molecule has 0 N–H and O–H groups in total. The Hall–Kier alpha value is -2.46. The topological polar surface area (TPSA) is 100 Å². The van der Waals surface area contributed by atoms with Crippen LogP contribution in [0.2, 0.25) is 0 Å². The molecule has 0 aromatic heterocycles. The monoisotopic (exact) mass is 376 g/mol. The lowest BCUT2D eigenvalue weighted by Gasteiger charge is -2.08. The van der Waals surface area contributed by atoms with E-state index in [2.05, 4.69) is 31.2 Å². The summed E-state index contributed by atoms with van der Waals surface area (Å²) in [7, 11) is -6.09. The number of non-ortho nitro benzene ring substituents is 1. The number of hydrogen-bond donors (Lipinski definition) is 0. The minimum atomic E-state index is -6.09. The second-order valence-electron chi connectivity index (χ2n) is 4.99. The summed E-state index contributed by atoms with van der Waals surface area (Å²) in [5.41, 5.74) is -1.98. The third kappa shape index (κ3) is 6.89. The zero-order valence-electron chi connectivity index (χ0n) is 12.9. The molecular weight excluding hydrogens is 363 g/mol. The Balaban J connectivity index is 0.000000333. The summed E-state index contributed by atoms with van der Waals surface area (Å²) >= 11 is 0. The van der Waals surface area contributed by atoms with E-state index in [-0.39, 0.29) is 10.6 Å². The van der Waals surface area contributed by atoms with E-state index in [1.54, 1.807) is 24.3 Å². The van der Waals surface area contributed by atoms with Crippen molar-refractivity contribution in [2.24, 2.45) is 0 Å². The molecule has 0 aliphatic carbocycles. The van der Waals surface area contributed by atoms with Crippen LogP contribution in [0.15, 0.2) is 48.5 Å². The molecule has 0 aliphatic heterocycles. The summed E-state index contributed by atoms with van der Waals surface area (Å²) in [5.74, 6) is 0. The van der Waals surface area contributed by atoms with Gasteiger partial charge >= 0.3 is 5.51 Å². The van der Waals surface area contributed by atoms with Crippen molar-refractivity contribution in [3.8, 4) is 0 Å². The number of halogens is 3. The molecule has 0 radical (unpaired) electrons. The molecule has 0 atom stereocenters. The van der Waals surface area contributed by atoms with E-state index in [1.165, 1.54) is 11.1 Å². The van der Waals surface area contributed by atoms with Crippen molar-refractivity contribution < 1.29 is 31.1 Å². The molecule has 2 aromatic rings. The largest absolute Gasteiger partial charge is 0.741 e. The van der Waals surface area contributed by atoms with Gasteiger partial charge in [-0.2, -0.15) is 13.2 Å². The van der Waals surface area contributed by atoms with Gasteiger partial charge in [-0.1, -0.05) is 42.0 Å². The van der Waals surface area contributed by atoms with Gasteiger partial charge in [0.05, 0.1) is 4.92 Å². The van der Waals surface area contributed by atoms with Gasteiger partial charge in [-0.25, -0.2) is 8.42 Å². The molecule has 136 valence electrons. The van der Waals surface area contributed by atoms with Crippen LogP contribution in [0.4, 0.5) is 18.9 Å². The van der Waals surface area contributed by atoms with Crippen molar-refractivity contribution in [3.63, 3.8) is 0 Å². The maximum Gasteiger partial charge on any atom is 0.485 e. The van der Waals surface area contributed by atoms with Gasteiger partial charge < -0.3 is 4.55 Å². The molecule has 10 heteroatoms. The quantitative estimate of drug-likeness (QED) is 0.353. The predicted octanol–water partition coefficient (Wildman–Crippen LogP) is 3.55. The molecule has 0 amide bonds. The molecule has 0 saturated heterocycles. The van der Waals surface area contributed by atoms with Gasteiger partial charge in [0.2, 0.25) is 0 Å². The second kappa shape index (κ2) is 8.08. The molecule has 0 saturated carbocycles. The molecule has 2 aromatic carbocycles. The van der Waals surface area contributed by atoms with Crippen LogP contribution in [0, 0.1) is 17.0 Å². The normalized spacial score (nSPS) is 11.4. The summed E-state index contributed by atoms with van der Waals surface area (Å²) in [6.45, 7) is 2.05. The molecular formula is C15H13F3NO5S-. The Kier molecular flexibility index (Phi) is 6.65. The van der Waals surface area contributed by atoms with Gasteiger partial charge in [-0.15, -0.1) is 0 Å². The predicted molar refractivity (Wildman–Crippen MR) is 82.8 cm³/mol. The zero-order valence-corrected chi connectivity index (χ0v) is 13.7. The van der Waals surface area contributed by atoms with Crippen LogP contribution < -0.4 is 0 Å². The van der Waals surface area contributed by atoms with Crippen LogP contribution in [0.3, 0.4) is 0 Å². The van der Waals surface area contributed by atoms with E-state index >= 15 is 0 Å². The first-order chi connectivity index (χ1) is 11.4. The number of rotatable bonds is 3. The molecule has 0 heterocycles. The highest BCUT2D eigenvalue weighted by Crippen LogP contribution is 2.20. The molecule has 2 rings (SSSR count). The first-order valence-electron chi connectivity index (χ1n) is 6.71. The van der Waals surface area contributed by atoms with Crippen molar-refractivity contribution in [2.45, 2.75) is 18.9 Å². The second-order valence-corrected chi connectivity index (χ2v) is 6.36. The summed E-state index contributed by atoms with van der Waals surface area (Å²) in [5, 5.41) is 10.5. The van der Waals surface area contributed by atoms with Crippen molar-refractivity contribution in [3.05, 3.63) is 75.3 Å². The zero-order chi connectivity index (χ0) is 19.3. The van der Waals surface area contributed by atoms with Crippen molar-refractivity contribution in [1.29, 1.82) is 0 Å². The minimum Gasteiger partial charge on any atom is -0.741 e. The number of alkyl halides is 3. The van der Waals surface area contributed by atoms with Crippen molar-refractivity contribution >= 4 is 15.8 Å². The first kappa shape index (κ1) is 20.6. The van der Waals surface area contributed by atoms with E-state index < -0.39 is 15.6 Å². The number of nitrogens with zero attached hydrogens (tertiary/aromatic N) is 1. The van der Waals surface area contributed by atoms with E-state index in [1.807, 2.05) is 0 Å². The fourth-order valence-electron chi connectivity index (χ4n) is 1.68. The van der Waals surface area contributed by atoms with Crippen LogP contribution in [0.1, 0.15) is 16.7 Å². The van der Waals surface area contributed by atoms with Crippen LogP contribution in [-0.2, 0) is 16.5 Å². The first-order valence-corrected chi connectivity index (χ1v) is 8.12. The van der Waals surface area contributed by atoms with Crippen LogP contribution in [-0.4, -0.2) is 23.4 Å². The molecule has 25 heavy (non-hydrogen) atoms. The van der Waals surface area contributed by atoms with E-state index in [0.29, 0.717) is 0 Å². The molecule has 0 unspecified atom stereocenters. The summed E-state index contributed by atoms with van der Waals surface area (Å²) < 4.78 is 58.9. The maximum absolute atomic E-state index is 10.7. The van der Waals surface area contributed by atoms with Gasteiger partial charge in [0.25, 0.3) is 5.69 Å². The average Bonchev–Trinajstić information content (AvgIpc) is 2.49. The lowest BCUT2D eigenvalue weighted by atomic mass is 10.0. The van der Waals surface area contributed by atoms with Gasteiger partial charge in [-0.3, -0.25) is 10.1 Å². The standard InChI is InChI=1S/C14H13NO2.CHF3O3S/c1-11-2-4-12(5-3-11)10-13-6-8-14(9-7-13)15(16)17;2-1(3,4)8(5,6)7/h2-9H,10H2,1H3;(H,5,6,7)/p-1. The smallest absolute Gasteiger partial charge is 0.485 e. The summed E-state index contributed by atoms with van der Waals surface area (Å²) in [6.07, 6.45) is 0.804. The van der Waals surface area contributed by atoms with Crippen LogP contribution in [0.25, 0.3) is 0 Å². The molecule has 0 fully saturated rings. The summed E-state index contributed by atoms with van der Waals surface area (Å²) in [4.78, 5) is 10.1. The van der Waals surface area contributed by atoms with Crippen LogP contribution >= 0.6 is 0 Å². The van der Waals surface area contributed by atoms with Gasteiger partial charge in [0.15, 0.2) is 10.1 Å². The average molecular weight is 376 g/mol. The third-order valence-corrected chi connectivity index (χ3v) is 3.53. The fourth-order valence-corrected chi connectivity index (χ4v) is 1.68. The molecule has 0 spiro atoms. The number of hydrogen-bond acceptors (Lipinski definition) is 5. The summed E-state index contributed by atoms with van der Waals surface area (Å²) in [6, 6.07) is 15.0. The Morgan fingerprint density at radius 2 is 1.32 bits per heavy atom. The highest BCUT2D eigenvalue weighted by Gasteiger charge is 2.36. The number of nitro benzene ring substituents is 1. The minimum absolute atomic E-state index is 0.137. The Bertz CT molecular complexity index is 816. The number of aryl methyl sites for hydroxylation is 1. The number of nitro groups is 1. The van der Waals surface area contributed by atoms with Crippen molar-refractivity contribution in [2.75, 3.05) is 0 Å². The van der Waals surface area contributed by atoms with E-state index in [9.17, 15) is 23.3 Å².